The molecule has 2 fully saturated rings. The monoisotopic (exact) mass is 512 g/mol. The molecule has 6 rings (SSSR count). The van der Waals surface area contributed by atoms with E-state index >= 15 is 0 Å². The molecule has 180 valence electrons. The van der Waals surface area contributed by atoms with Gasteiger partial charge in [-0.25, -0.2) is 10.5 Å². The lowest BCUT2D eigenvalue weighted by molar-refractivity contribution is -0.125. The van der Waals surface area contributed by atoms with E-state index < -0.39 is 17.5 Å². The Morgan fingerprint density at radius 2 is 2.03 bits per heavy atom. The number of amides is 2. The number of ether oxygens (including phenoxy) is 2. The van der Waals surface area contributed by atoms with Gasteiger partial charge in [-0.3, -0.25) is 19.7 Å². The summed E-state index contributed by atoms with van der Waals surface area (Å²) in [6.45, 7) is 0.384. The zero-order valence-corrected chi connectivity index (χ0v) is 19.9. The molecular weight excluding hydrogens is 492 g/mol. The van der Waals surface area contributed by atoms with Crippen molar-refractivity contribution in [2.24, 2.45) is 0 Å². The molecule has 1 saturated carbocycles. The number of hydrogen-bond donors (Lipinski definition) is 3. The first-order valence-corrected chi connectivity index (χ1v) is 12.3. The van der Waals surface area contributed by atoms with Crippen LogP contribution in [-0.2, 0) is 19.8 Å². The number of thiazole rings is 1. The molecule has 9 nitrogen and oxygen atoms in total. The van der Waals surface area contributed by atoms with Crippen LogP contribution in [0, 0.1) is 0 Å². The molecule has 1 unspecified atom stereocenters. The third kappa shape index (κ3) is 4.12. The molecule has 3 aromatic rings. The average molecular weight is 513 g/mol. The number of hydrogen-bond acceptors (Lipinski definition) is 8. The summed E-state index contributed by atoms with van der Waals surface area (Å²) < 4.78 is 10.9. The molecule has 1 aromatic heterocycles. The third-order valence-corrected chi connectivity index (χ3v) is 7.78. The largest absolute Gasteiger partial charge is 0.454 e. The quantitative estimate of drug-likeness (QED) is 0.445. The van der Waals surface area contributed by atoms with Crippen molar-refractivity contribution in [1.82, 2.24) is 15.8 Å². The zero-order valence-electron chi connectivity index (χ0n) is 18.4. The average Bonchev–Trinajstić information content (AvgIpc) is 3.15. The van der Waals surface area contributed by atoms with Crippen molar-refractivity contribution in [3.05, 3.63) is 69.7 Å². The molecule has 2 atom stereocenters. The van der Waals surface area contributed by atoms with Gasteiger partial charge in [0.2, 0.25) is 12.7 Å². The molecule has 11 heteroatoms. The van der Waals surface area contributed by atoms with E-state index in [0.717, 1.165) is 28.8 Å². The number of nitrogens with one attached hydrogen (secondary N) is 3. The Bertz CT molecular complexity index is 1310. The van der Waals surface area contributed by atoms with E-state index in [1.54, 1.807) is 12.3 Å². The van der Waals surface area contributed by atoms with Gasteiger partial charge in [-0.15, -0.1) is 0 Å². The minimum atomic E-state index is -0.605. The minimum Gasteiger partial charge on any atom is -0.454 e. The normalized spacial score (nSPS) is 20.4. The topological polar surface area (TPSA) is 111 Å². The van der Waals surface area contributed by atoms with Crippen molar-refractivity contribution in [3.63, 3.8) is 0 Å². The predicted molar refractivity (Wildman–Crippen MR) is 129 cm³/mol. The number of carbonyl (C=O) groups excluding carboxylic acids is 2. The summed E-state index contributed by atoms with van der Waals surface area (Å²) >= 11 is 7.82. The Morgan fingerprint density at radius 3 is 2.80 bits per heavy atom. The summed E-state index contributed by atoms with van der Waals surface area (Å²) in [4.78, 5) is 35.7. The molecule has 2 aromatic carbocycles. The van der Waals surface area contributed by atoms with Crippen LogP contribution in [0.25, 0.3) is 0 Å². The van der Waals surface area contributed by atoms with Gasteiger partial charge >= 0.3 is 0 Å². The zero-order chi connectivity index (χ0) is 24.0. The first-order chi connectivity index (χ1) is 17.0. The number of fused-ring (bicyclic) bond motifs is 1. The fraction of sp³-hybridized carbons (Fsp3) is 0.292. The summed E-state index contributed by atoms with van der Waals surface area (Å²) in [5.41, 5.74) is 3.46. The van der Waals surface area contributed by atoms with Crippen molar-refractivity contribution in [2.75, 3.05) is 18.7 Å². The lowest BCUT2D eigenvalue weighted by Gasteiger charge is -2.21. The highest BCUT2D eigenvalue weighted by Gasteiger charge is 2.52. The highest BCUT2D eigenvalue weighted by molar-refractivity contribution is 7.15. The maximum atomic E-state index is 13.3. The van der Waals surface area contributed by atoms with Crippen molar-refractivity contribution in [1.29, 1.82) is 0 Å². The summed E-state index contributed by atoms with van der Waals surface area (Å²) in [6, 6.07) is 12.1. The van der Waals surface area contributed by atoms with Gasteiger partial charge in [0.1, 0.15) is 6.04 Å². The van der Waals surface area contributed by atoms with Gasteiger partial charge in [0, 0.05) is 16.1 Å². The van der Waals surface area contributed by atoms with Crippen LogP contribution < -0.4 is 25.6 Å². The van der Waals surface area contributed by atoms with E-state index in [4.69, 9.17) is 25.9 Å². The van der Waals surface area contributed by atoms with E-state index in [-0.39, 0.29) is 25.2 Å². The summed E-state index contributed by atoms with van der Waals surface area (Å²) in [7, 11) is 0. The second-order valence-electron chi connectivity index (χ2n) is 8.62. The van der Waals surface area contributed by atoms with Crippen LogP contribution in [0.15, 0.2) is 48.7 Å². The molecule has 0 bridgehead atoms. The first-order valence-electron chi connectivity index (χ1n) is 11.1. The number of halogens is 1. The molecule has 2 amide bonds. The smallest absolute Gasteiger partial charge is 0.263 e. The van der Waals surface area contributed by atoms with Gasteiger partial charge in [-0.05, 0) is 42.2 Å². The van der Waals surface area contributed by atoms with Crippen LogP contribution in [0.1, 0.15) is 34.9 Å². The van der Waals surface area contributed by atoms with Crippen molar-refractivity contribution in [3.8, 4) is 11.5 Å². The number of anilines is 1. The molecule has 1 saturated heterocycles. The second-order valence-corrected chi connectivity index (χ2v) is 10.1. The Balaban J connectivity index is 1.23. The molecule has 35 heavy (non-hydrogen) atoms. The SMILES string of the molecule is O=C1NOC[C@@H]1NC(c1cnc(NC(=O)C2(c3ccc4c(c3)OCO4)CC2)s1)c1ccccc1Cl. The molecule has 3 N–H and O–H groups in total. The van der Waals surface area contributed by atoms with Gasteiger partial charge in [-0.2, -0.15) is 0 Å². The number of carbonyl (C=O) groups is 2. The van der Waals surface area contributed by atoms with Gasteiger partial charge < -0.3 is 14.8 Å². The highest BCUT2D eigenvalue weighted by atomic mass is 35.5. The van der Waals surface area contributed by atoms with E-state index in [9.17, 15) is 9.59 Å². The molecule has 2 aliphatic heterocycles. The lowest BCUT2D eigenvalue weighted by atomic mass is 9.94. The van der Waals surface area contributed by atoms with Crippen LogP contribution in [0.5, 0.6) is 11.5 Å². The third-order valence-electron chi connectivity index (χ3n) is 6.46. The summed E-state index contributed by atoms with van der Waals surface area (Å²) in [5, 5.41) is 7.33. The Morgan fingerprint density at radius 1 is 1.20 bits per heavy atom. The maximum Gasteiger partial charge on any atom is 0.263 e. The van der Waals surface area contributed by atoms with Crippen LogP contribution in [0.3, 0.4) is 0 Å². The van der Waals surface area contributed by atoms with Crippen molar-refractivity contribution in [2.45, 2.75) is 30.3 Å². The van der Waals surface area contributed by atoms with Crippen LogP contribution in [0.2, 0.25) is 5.02 Å². The van der Waals surface area contributed by atoms with E-state index in [1.807, 2.05) is 36.4 Å². The van der Waals surface area contributed by atoms with Crippen LogP contribution >= 0.6 is 22.9 Å². The Labute approximate surface area is 209 Å². The summed E-state index contributed by atoms with van der Waals surface area (Å²) in [6.07, 6.45) is 3.18. The first kappa shape index (κ1) is 22.3. The fourth-order valence-electron chi connectivity index (χ4n) is 4.36. The molecule has 1 aliphatic carbocycles. The van der Waals surface area contributed by atoms with Gasteiger partial charge in [-0.1, -0.05) is 47.2 Å². The minimum absolute atomic E-state index is 0.108. The lowest BCUT2D eigenvalue weighted by Crippen LogP contribution is -2.40. The van der Waals surface area contributed by atoms with Gasteiger partial charge in [0.15, 0.2) is 16.6 Å². The molecule has 3 heterocycles. The summed E-state index contributed by atoms with van der Waals surface area (Å²) in [5.74, 6) is 0.989. The standard InChI is InChI=1S/C24H21ClN4O5S/c25-15-4-2-1-3-14(15)20(27-16-11-34-29-21(16)30)19-10-26-23(35-19)28-22(31)24(7-8-24)13-5-6-17-18(9-13)33-12-32-17/h1-6,9-10,16,20,27H,7-8,11-12H2,(H,29,30)(H,26,28,31)/t16-,20?/m0/s1. The molecule has 3 aliphatic rings. The van der Waals surface area contributed by atoms with Crippen molar-refractivity contribution >= 4 is 39.9 Å². The molecular formula is C24H21ClN4O5S. The van der Waals surface area contributed by atoms with Crippen LogP contribution in [0.4, 0.5) is 5.13 Å². The van der Waals surface area contributed by atoms with E-state index in [1.165, 1.54) is 11.3 Å². The van der Waals surface area contributed by atoms with Gasteiger partial charge in [0.05, 0.1) is 18.1 Å². The number of rotatable bonds is 7. The van der Waals surface area contributed by atoms with Crippen molar-refractivity contribution < 1.29 is 23.9 Å². The second kappa shape index (κ2) is 8.80. The number of benzene rings is 2. The van der Waals surface area contributed by atoms with E-state index in [2.05, 4.69) is 21.1 Å². The predicted octanol–water partition coefficient (Wildman–Crippen LogP) is 3.30. The Kier molecular flexibility index (Phi) is 5.60. The highest BCUT2D eigenvalue weighted by Crippen LogP contribution is 2.51. The van der Waals surface area contributed by atoms with Gasteiger partial charge in [0.25, 0.3) is 5.91 Å². The molecule has 0 radical (unpaired) electrons. The number of hydroxylamine groups is 1. The Hall–Kier alpha value is -3.18. The number of aromatic nitrogens is 1. The van der Waals surface area contributed by atoms with Crippen LogP contribution in [-0.4, -0.2) is 36.2 Å². The van der Waals surface area contributed by atoms with E-state index in [0.29, 0.717) is 21.7 Å². The maximum absolute atomic E-state index is 13.3. The number of nitrogens with zero attached hydrogens (tertiary/aromatic N) is 1. The molecule has 0 spiro atoms. The fourth-order valence-corrected chi connectivity index (χ4v) is 5.50.